The summed E-state index contributed by atoms with van der Waals surface area (Å²) in [5.41, 5.74) is 13.3. The lowest BCUT2D eigenvalue weighted by Gasteiger charge is -2.37. The number of thiazole rings is 1. The fourth-order valence-corrected chi connectivity index (χ4v) is 9.06. The molecule has 8 rings (SSSR count). The first-order valence-electron chi connectivity index (χ1n) is 14.7. The van der Waals surface area contributed by atoms with Crippen molar-refractivity contribution in [3.8, 4) is 17.1 Å². The van der Waals surface area contributed by atoms with Gasteiger partial charge in [-0.15, -0.1) is 0 Å². The molecule has 0 radical (unpaired) electrons. The molecule has 220 valence electrons. The zero-order valence-electron chi connectivity index (χ0n) is 23.1. The van der Waals surface area contributed by atoms with E-state index in [1.165, 1.54) is 12.1 Å². The minimum Gasteiger partial charge on any atom is -0.461 e. The fraction of sp³-hybridized carbons (Fsp3) is 0.500. The molecule has 8 nitrogen and oxygen atoms in total. The lowest BCUT2D eigenvalue weighted by atomic mass is 9.93. The average Bonchev–Trinajstić information content (AvgIpc) is 3.70. The lowest BCUT2D eigenvalue weighted by Crippen LogP contribution is -2.49. The summed E-state index contributed by atoms with van der Waals surface area (Å²) in [7, 11) is 0. The van der Waals surface area contributed by atoms with Crippen molar-refractivity contribution in [3.05, 3.63) is 34.9 Å². The molecule has 1 aliphatic carbocycles. The van der Waals surface area contributed by atoms with Crippen molar-refractivity contribution in [1.82, 2.24) is 19.9 Å². The molecule has 5 heterocycles. The monoisotopic (exact) mass is 611 g/mol. The van der Waals surface area contributed by atoms with Gasteiger partial charge in [0.1, 0.15) is 23.8 Å². The Bertz CT molecular complexity index is 1710. The van der Waals surface area contributed by atoms with Crippen molar-refractivity contribution in [1.29, 1.82) is 0 Å². The van der Waals surface area contributed by atoms with Gasteiger partial charge >= 0.3 is 6.01 Å². The van der Waals surface area contributed by atoms with Crippen LogP contribution in [0.25, 0.3) is 32.2 Å². The molecule has 4 aromatic rings. The molecule has 1 unspecified atom stereocenters. The third-order valence-corrected chi connectivity index (χ3v) is 11.3. The molecule has 2 aromatic heterocycles. The minimum atomic E-state index is -0.622. The van der Waals surface area contributed by atoms with Gasteiger partial charge < -0.3 is 21.1 Å². The molecule has 2 bridgehead atoms. The number of rotatable bonds is 5. The van der Waals surface area contributed by atoms with E-state index in [0.717, 1.165) is 76.0 Å². The van der Waals surface area contributed by atoms with E-state index in [-0.39, 0.29) is 49.0 Å². The van der Waals surface area contributed by atoms with Crippen molar-refractivity contribution < 1.29 is 13.5 Å². The standard InChI is InChI=1S/C30H32ClF2N7OS/c31-19-11-18-24(22(33)21(19)17-5-6-20(32)26-25(17)36-28(35)42-26)37-29(41-14-30-7-1-9-40(30)10-2-8-30)38-27(18)39-12-15-3-4-16(13-39)23(15)34/h5-6,11,15-16,23H,1-4,7-10,12-14,34H2,(H2,35,36)/t15-,16+,23?. The Morgan fingerprint density at radius 1 is 1.05 bits per heavy atom. The first kappa shape index (κ1) is 26.7. The molecule has 4 fully saturated rings. The highest BCUT2D eigenvalue weighted by Crippen LogP contribution is 2.45. The number of nitrogens with two attached hydrogens (primary N) is 2. The van der Waals surface area contributed by atoms with E-state index in [0.29, 0.717) is 35.2 Å². The zero-order chi connectivity index (χ0) is 28.7. The Morgan fingerprint density at radius 2 is 1.79 bits per heavy atom. The molecule has 0 spiro atoms. The highest BCUT2D eigenvalue weighted by Gasteiger charge is 2.45. The van der Waals surface area contributed by atoms with E-state index in [9.17, 15) is 4.39 Å². The van der Waals surface area contributed by atoms with E-state index in [2.05, 4.69) is 19.8 Å². The Morgan fingerprint density at radius 3 is 2.52 bits per heavy atom. The molecule has 3 saturated heterocycles. The number of ether oxygens (including phenoxy) is 1. The molecule has 3 aliphatic heterocycles. The molecule has 12 heteroatoms. The van der Waals surface area contributed by atoms with Crippen LogP contribution in [-0.4, -0.2) is 64.2 Å². The molecule has 2 aromatic carbocycles. The van der Waals surface area contributed by atoms with Crippen molar-refractivity contribution in [2.75, 3.05) is 43.4 Å². The first-order chi connectivity index (χ1) is 20.3. The van der Waals surface area contributed by atoms with E-state index in [1.807, 2.05) is 0 Å². The van der Waals surface area contributed by atoms with Crippen LogP contribution >= 0.6 is 22.9 Å². The summed E-state index contributed by atoms with van der Waals surface area (Å²) in [5, 5.41) is 0.876. The van der Waals surface area contributed by atoms with Gasteiger partial charge in [0.2, 0.25) is 0 Å². The van der Waals surface area contributed by atoms with Gasteiger partial charge in [0.05, 0.1) is 20.8 Å². The van der Waals surface area contributed by atoms with Gasteiger partial charge in [-0.1, -0.05) is 22.9 Å². The number of nitrogen functional groups attached to an aromatic ring is 1. The summed E-state index contributed by atoms with van der Waals surface area (Å²) in [6.07, 6.45) is 6.59. The summed E-state index contributed by atoms with van der Waals surface area (Å²) >= 11 is 7.84. The number of aromatic nitrogens is 3. The zero-order valence-corrected chi connectivity index (χ0v) is 24.7. The second-order valence-electron chi connectivity index (χ2n) is 12.4. The Hall–Kier alpha value is -2.86. The fourth-order valence-electron chi connectivity index (χ4n) is 8.00. The maximum atomic E-state index is 16.7. The van der Waals surface area contributed by atoms with Crippen molar-refractivity contribution >= 4 is 55.0 Å². The highest BCUT2D eigenvalue weighted by atomic mass is 35.5. The first-order valence-corrected chi connectivity index (χ1v) is 15.9. The Balaban J connectivity index is 1.27. The second-order valence-corrected chi connectivity index (χ2v) is 13.8. The van der Waals surface area contributed by atoms with E-state index in [1.54, 1.807) is 6.07 Å². The van der Waals surface area contributed by atoms with Gasteiger partial charge in [0.25, 0.3) is 0 Å². The van der Waals surface area contributed by atoms with Gasteiger partial charge in [-0.3, -0.25) is 4.90 Å². The largest absolute Gasteiger partial charge is 0.461 e. The molecule has 3 atom stereocenters. The Kier molecular flexibility index (Phi) is 6.26. The van der Waals surface area contributed by atoms with Crippen LogP contribution in [0.3, 0.4) is 0 Å². The van der Waals surface area contributed by atoms with Crippen LogP contribution in [0.2, 0.25) is 5.02 Å². The smallest absolute Gasteiger partial charge is 0.319 e. The summed E-state index contributed by atoms with van der Waals surface area (Å²) < 4.78 is 37.9. The van der Waals surface area contributed by atoms with Gasteiger partial charge in [0.15, 0.2) is 10.9 Å². The van der Waals surface area contributed by atoms with Crippen LogP contribution in [0.1, 0.15) is 38.5 Å². The summed E-state index contributed by atoms with van der Waals surface area (Å²) in [6, 6.07) is 4.81. The van der Waals surface area contributed by atoms with Crippen molar-refractivity contribution in [2.45, 2.75) is 50.1 Å². The third-order valence-electron chi connectivity index (χ3n) is 10.1. The molecule has 4 N–H and O–H groups in total. The average molecular weight is 612 g/mol. The van der Waals surface area contributed by atoms with Crippen LogP contribution in [0.5, 0.6) is 6.01 Å². The van der Waals surface area contributed by atoms with Crippen LogP contribution in [0.15, 0.2) is 18.2 Å². The number of nitrogens with zero attached hydrogens (tertiary/aromatic N) is 5. The molecule has 1 saturated carbocycles. The lowest BCUT2D eigenvalue weighted by molar-refractivity contribution is 0.108. The number of fused-ring (bicyclic) bond motifs is 5. The van der Waals surface area contributed by atoms with Crippen LogP contribution in [0.4, 0.5) is 19.7 Å². The second kappa shape index (κ2) is 9.83. The number of benzene rings is 2. The van der Waals surface area contributed by atoms with Crippen molar-refractivity contribution in [3.63, 3.8) is 0 Å². The van der Waals surface area contributed by atoms with Crippen LogP contribution < -0.4 is 21.1 Å². The number of hydrogen-bond acceptors (Lipinski definition) is 9. The number of anilines is 2. The maximum absolute atomic E-state index is 16.7. The van der Waals surface area contributed by atoms with Gasteiger partial charge in [-0.25, -0.2) is 13.8 Å². The molecule has 42 heavy (non-hydrogen) atoms. The van der Waals surface area contributed by atoms with E-state index < -0.39 is 11.6 Å². The minimum absolute atomic E-state index is 0.0105. The summed E-state index contributed by atoms with van der Waals surface area (Å²) in [5.74, 6) is 0.226. The number of piperidine rings is 1. The predicted molar refractivity (Wildman–Crippen MR) is 162 cm³/mol. The third kappa shape index (κ3) is 4.07. The van der Waals surface area contributed by atoms with Gasteiger partial charge in [-0.2, -0.15) is 9.97 Å². The Labute approximate surface area is 251 Å². The molecule has 0 amide bonds. The van der Waals surface area contributed by atoms with E-state index >= 15 is 4.39 Å². The van der Waals surface area contributed by atoms with Gasteiger partial charge in [0, 0.05) is 35.6 Å². The maximum Gasteiger partial charge on any atom is 0.319 e. The van der Waals surface area contributed by atoms with Crippen LogP contribution in [-0.2, 0) is 0 Å². The molecule has 4 aliphatic rings. The molecular weight excluding hydrogens is 580 g/mol. The SMILES string of the molecule is Nc1nc2c(-c3c(Cl)cc4c(N5C[C@H]6CC[C@@H](C5)C6N)nc(OCC56CCCN5CCC6)nc4c3F)ccc(F)c2s1. The predicted octanol–water partition coefficient (Wildman–Crippen LogP) is 5.60. The molecular formula is C30H32ClF2N7OS. The summed E-state index contributed by atoms with van der Waals surface area (Å²) in [6.45, 7) is 4.09. The van der Waals surface area contributed by atoms with Crippen LogP contribution in [0, 0.1) is 23.5 Å². The van der Waals surface area contributed by atoms with Crippen molar-refractivity contribution in [2.24, 2.45) is 17.6 Å². The number of hydrogen-bond donors (Lipinski definition) is 2. The normalized spacial score (nSPS) is 25.1. The summed E-state index contributed by atoms with van der Waals surface area (Å²) in [4.78, 5) is 18.6. The van der Waals surface area contributed by atoms with Gasteiger partial charge in [-0.05, 0) is 81.6 Å². The quantitative estimate of drug-likeness (QED) is 0.300. The number of halogens is 3. The topological polar surface area (TPSA) is 106 Å². The van der Waals surface area contributed by atoms with E-state index in [4.69, 9.17) is 32.8 Å². The highest BCUT2D eigenvalue weighted by molar-refractivity contribution is 7.22.